The lowest BCUT2D eigenvalue weighted by Gasteiger charge is -2.32. The minimum absolute atomic E-state index is 0.261. The molecule has 0 atom stereocenters. The smallest absolute Gasteiger partial charge is 0.399 e. The molecule has 1 saturated heterocycles. The fourth-order valence-electron chi connectivity index (χ4n) is 3.65. The zero-order valence-corrected chi connectivity index (χ0v) is 18.0. The summed E-state index contributed by atoms with van der Waals surface area (Å²) in [5.74, 6) is 0.721. The van der Waals surface area contributed by atoms with Crippen molar-refractivity contribution < 1.29 is 9.31 Å². The van der Waals surface area contributed by atoms with Gasteiger partial charge >= 0.3 is 7.12 Å². The van der Waals surface area contributed by atoms with Crippen LogP contribution in [0.15, 0.2) is 42.5 Å². The second kappa shape index (κ2) is 6.82. The Morgan fingerprint density at radius 3 is 2.17 bits per heavy atom. The van der Waals surface area contributed by atoms with Crippen LogP contribution in [0.4, 0.5) is 5.82 Å². The van der Waals surface area contributed by atoms with Gasteiger partial charge in [0.1, 0.15) is 0 Å². The van der Waals surface area contributed by atoms with E-state index < -0.39 is 0 Å². The minimum atomic E-state index is -0.381. The molecule has 1 aliphatic heterocycles. The van der Waals surface area contributed by atoms with Crippen LogP contribution in [-0.2, 0) is 9.31 Å². The van der Waals surface area contributed by atoms with Gasteiger partial charge in [0.25, 0.3) is 0 Å². The van der Waals surface area contributed by atoms with Crippen LogP contribution in [0.3, 0.4) is 0 Å². The number of nitrogen functional groups attached to an aromatic ring is 1. The van der Waals surface area contributed by atoms with Gasteiger partial charge in [-0.3, -0.25) is 0 Å². The standard InChI is InChI=1S/C23H28BN3O2/c1-14(2)20-19-13-16(10-11-18(19)21(25)27-26-20)15-8-7-9-17(12-15)24-28-22(3,4)23(5,6)29-24/h7-14H,1-6H3,(H2,25,27). The molecular weight excluding hydrogens is 361 g/mol. The molecule has 1 fully saturated rings. The Kier molecular flexibility index (Phi) is 4.67. The van der Waals surface area contributed by atoms with Gasteiger partial charge in [-0.25, -0.2) is 0 Å². The lowest BCUT2D eigenvalue weighted by molar-refractivity contribution is 0.00578. The molecule has 0 aliphatic carbocycles. The summed E-state index contributed by atoms with van der Waals surface area (Å²) >= 11 is 0. The first kappa shape index (κ1) is 19.9. The molecule has 0 bridgehead atoms. The number of rotatable bonds is 3. The number of hydrogen-bond donors (Lipinski definition) is 1. The van der Waals surface area contributed by atoms with E-state index in [0.717, 1.165) is 33.1 Å². The monoisotopic (exact) mass is 389 g/mol. The molecule has 1 aromatic heterocycles. The van der Waals surface area contributed by atoms with Crippen LogP contribution >= 0.6 is 0 Å². The highest BCUT2D eigenvalue weighted by molar-refractivity contribution is 6.62. The summed E-state index contributed by atoms with van der Waals surface area (Å²) in [6.07, 6.45) is 0. The Balaban J connectivity index is 1.76. The molecule has 1 aliphatic rings. The normalized spacial score (nSPS) is 18.0. The van der Waals surface area contributed by atoms with Gasteiger partial charge in [0.15, 0.2) is 5.82 Å². The van der Waals surface area contributed by atoms with Gasteiger partial charge in [-0.05, 0) is 62.3 Å². The Morgan fingerprint density at radius 1 is 0.862 bits per heavy atom. The van der Waals surface area contributed by atoms with Gasteiger partial charge in [-0.15, -0.1) is 5.10 Å². The number of aromatic nitrogens is 2. The van der Waals surface area contributed by atoms with Crippen molar-refractivity contribution in [2.24, 2.45) is 0 Å². The second-order valence-electron chi connectivity index (χ2n) is 9.10. The van der Waals surface area contributed by atoms with E-state index in [2.05, 4.69) is 82.1 Å². The van der Waals surface area contributed by atoms with Gasteiger partial charge in [0.05, 0.1) is 16.9 Å². The number of nitrogens with zero attached hydrogens (tertiary/aromatic N) is 2. The van der Waals surface area contributed by atoms with Gasteiger partial charge in [-0.2, -0.15) is 5.10 Å². The number of benzene rings is 2. The Hall–Kier alpha value is -2.44. The molecular formula is C23H28BN3O2. The molecule has 2 heterocycles. The highest BCUT2D eigenvalue weighted by Crippen LogP contribution is 2.37. The second-order valence-corrected chi connectivity index (χ2v) is 9.10. The SMILES string of the molecule is CC(C)c1nnc(N)c2ccc(-c3cccc(B4OC(C)(C)C(C)(C)O4)c3)cc12. The highest BCUT2D eigenvalue weighted by atomic mass is 16.7. The lowest BCUT2D eigenvalue weighted by Crippen LogP contribution is -2.41. The van der Waals surface area contributed by atoms with Crippen molar-refractivity contribution >= 4 is 29.2 Å². The van der Waals surface area contributed by atoms with Crippen LogP contribution in [0.5, 0.6) is 0 Å². The third kappa shape index (κ3) is 3.41. The summed E-state index contributed by atoms with van der Waals surface area (Å²) in [6.45, 7) is 12.5. The summed E-state index contributed by atoms with van der Waals surface area (Å²) in [5.41, 5.74) is 9.51. The maximum atomic E-state index is 6.22. The van der Waals surface area contributed by atoms with Crippen molar-refractivity contribution in [1.82, 2.24) is 10.2 Å². The largest absolute Gasteiger partial charge is 0.494 e. The summed E-state index contributed by atoms with van der Waals surface area (Å²) < 4.78 is 12.4. The maximum absolute atomic E-state index is 6.22. The molecule has 2 aromatic carbocycles. The third-order valence-corrected chi connectivity index (χ3v) is 6.13. The first-order valence-corrected chi connectivity index (χ1v) is 10.1. The summed E-state index contributed by atoms with van der Waals surface area (Å²) in [6, 6.07) is 14.6. The summed E-state index contributed by atoms with van der Waals surface area (Å²) in [4.78, 5) is 0. The molecule has 0 unspecified atom stereocenters. The molecule has 5 nitrogen and oxygen atoms in total. The molecule has 0 spiro atoms. The van der Waals surface area contributed by atoms with Crippen LogP contribution in [0.1, 0.15) is 53.2 Å². The Bertz CT molecular complexity index is 1060. The van der Waals surface area contributed by atoms with Crippen molar-refractivity contribution in [2.75, 3.05) is 5.73 Å². The van der Waals surface area contributed by atoms with Crippen molar-refractivity contribution in [3.8, 4) is 11.1 Å². The first-order chi connectivity index (χ1) is 13.6. The number of fused-ring (bicyclic) bond motifs is 1. The maximum Gasteiger partial charge on any atom is 0.494 e. The predicted molar refractivity (Wildman–Crippen MR) is 119 cm³/mol. The third-order valence-electron chi connectivity index (χ3n) is 6.13. The fraction of sp³-hybridized carbons (Fsp3) is 0.391. The van der Waals surface area contributed by atoms with Crippen molar-refractivity contribution in [3.63, 3.8) is 0 Å². The predicted octanol–water partition coefficient (Wildman–Crippen LogP) is 4.30. The average molecular weight is 389 g/mol. The molecule has 0 amide bonds. The van der Waals surface area contributed by atoms with Gasteiger partial charge < -0.3 is 15.0 Å². The number of nitrogens with two attached hydrogens (primary N) is 1. The highest BCUT2D eigenvalue weighted by Gasteiger charge is 2.51. The van der Waals surface area contributed by atoms with Crippen LogP contribution in [0.2, 0.25) is 0 Å². The van der Waals surface area contributed by atoms with E-state index in [9.17, 15) is 0 Å². The molecule has 0 saturated carbocycles. The fourth-order valence-corrected chi connectivity index (χ4v) is 3.65. The number of anilines is 1. The Morgan fingerprint density at radius 2 is 1.52 bits per heavy atom. The van der Waals surface area contributed by atoms with Gasteiger partial charge in [0.2, 0.25) is 0 Å². The van der Waals surface area contributed by atoms with Crippen LogP contribution in [-0.4, -0.2) is 28.5 Å². The molecule has 4 rings (SSSR count). The van der Waals surface area contributed by atoms with Crippen molar-refractivity contribution in [3.05, 3.63) is 48.2 Å². The summed E-state index contributed by atoms with van der Waals surface area (Å²) in [5, 5.41) is 10.4. The molecule has 6 heteroatoms. The quantitative estimate of drug-likeness (QED) is 0.677. The van der Waals surface area contributed by atoms with E-state index in [-0.39, 0.29) is 24.2 Å². The summed E-state index contributed by atoms with van der Waals surface area (Å²) in [7, 11) is -0.381. The molecule has 2 N–H and O–H groups in total. The van der Waals surface area contributed by atoms with Crippen LogP contribution < -0.4 is 11.2 Å². The van der Waals surface area contributed by atoms with Crippen LogP contribution in [0.25, 0.3) is 21.9 Å². The first-order valence-electron chi connectivity index (χ1n) is 10.1. The van der Waals surface area contributed by atoms with Crippen molar-refractivity contribution in [1.29, 1.82) is 0 Å². The van der Waals surface area contributed by atoms with Gasteiger partial charge in [0, 0.05) is 10.8 Å². The molecule has 3 aromatic rings. The lowest BCUT2D eigenvalue weighted by atomic mass is 9.78. The Labute approximate surface area is 172 Å². The van der Waals surface area contributed by atoms with Crippen LogP contribution in [0, 0.1) is 0 Å². The van der Waals surface area contributed by atoms with E-state index in [1.54, 1.807) is 0 Å². The molecule has 0 radical (unpaired) electrons. The van der Waals surface area contributed by atoms with E-state index in [1.807, 2.05) is 12.1 Å². The minimum Gasteiger partial charge on any atom is -0.399 e. The topological polar surface area (TPSA) is 70.3 Å². The van der Waals surface area contributed by atoms with E-state index in [0.29, 0.717) is 5.82 Å². The number of hydrogen-bond acceptors (Lipinski definition) is 5. The zero-order valence-electron chi connectivity index (χ0n) is 18.0. The zero-order chi connectivity index (χ0) is 21.0. The van der Waals surface area contributed by atoms with E-state index in [4.69, 9.17) is 15.0 Å². The van der Waals surface area contributed by atoms with E-state index >= 15 is 0 Å². The van der Waals surface area contributed by atoms with E-state index in [1.165, 1.54) is 0 Å². The van der Waals surface area contributed by atoms with Gasteiger partial charge in [-0.1, -0.05) is 44.2 Å². The van der Waals surface area contributed by atoms with Crippen molar-refractivity contribution in [2.45, 2.75) is 58.7 Å². The molecule has 150 valence electrons. The average Bonchev–Trinajstić information content (AvgIpc) is 2.89. The molecule has 29 heavy (non-hydrogen) atoms.